The van der Waals surface area contributed by atoms with Crippen molar-refractivity contribution >= 4 is 26.5 Å². The predicted octanol–water partition coefficient (Wildman–Crippen LogP) is 4.66. The molecule has 0 radical (unpaired) electrons. The van der Waals surface area contributed by atoms with Gasteiger partial charge in [0.05, 0.1) is 41.6 Å². The normalized spacial score (nSPS) is 22.5. The minimum Gasteiger partial charge on any atom is -0.373 e. The van der Waals surface area contributed by atoms with Gasteiger partial charge in [-0.25, -0.2) is 0 Å². The summed E-state index contributed by atoms with van der Waals surface area (Å²) < 4.78 is 10.7. The molecule has 2 aliphatic heterocycles. The Bertz CT molecular complexity index is 509. The molecule has 2 fully saturated rings. The molecule has 26 heavy (non-hydrogen) atoms. The number of unbranched alkanes of at least 4 members (excludes halogenated alkanes) is 2. The van der Waals surface area contributed by atoms with Crippen LogP contribution in [-0.4, -0.2) is 41.6 Å². The number of hydrogen-bond acceptors (Lipinski definition) is 2. The summed E-state index contributed by atoms with van der Waals surface area (Å²) in [6.07, 6.45) is 9.16. The zero-order valence-corrected chi connectivity index (χ0v) is 19.4. The molecule has 2 atom stereocenters. The van der Waals surface area contributed by atoms with E-state index in [0.29, 0.717) is 12.2 Å². The van der Waals surface area contributed by atoms with Gasteiger partial charge < -0.3 is 9.47 Å². The lowest BCUT2D eigenvalue weighted by molar-refractivity contribution is 0.390. The molecule has 4 heteroatoms. The summed E-state index contributed by atoms with van der Waals surface area (Å²) in [5.74, 6) is 0. The fourth-order valence-corrected chi connectivity index (χ4v) is 8.99. The van der Waals surface area contributed by atoms with E-state index in [2.05, 4.69) is 50.5 Å². The van der Waals surface area contributed by atoms with E-state index in [-0.39, 0.29) is 0 Å². The molecule has 2 nitrogen and oxygen atoms in total. The molecule has 0 N–H and O–H groups in total. The first-order valence-electron chi connectivity index (χ1n) is 10.7. The third-order valence-electron chi connectivity index (χ3n) is 6.41. The Hall–Kier alpha value is -0.426. The molecule has 1 aromatic carbocycles. The zero-order valence-electron chi connectivity index (χ0n) is 17.4. The molecular weight excluding hydrogens is 352 g/mol. The Morgan fingerprint density at radius 1 is 0.692 bits per heavy atom. The predicted molar refractivity (Wildman–Crippen MR) is 117 cm³/mol. The van der Waals surface area contributed by atoms with Gasteiger partial charge >= 0.3 is 0 Å². The van der Waals surface area contributed by atoms with Crippen molar-refractivity contribution in [2.75, 3.05) is 13.2 Å². The summed E-state index contributed by atoms with van der Waals surface area (Å²) in [4.78, 5) is 0. The average Bonchev–Trinajstić information content (AvgIpc) is 3.51. The van der Waals surface area contributed by atoms with E-state index >= 15 is 0 Å². The second kappa shape index (κ2) is 8.72. The Morgan fingerprint density at radius 3 is 1.35 bits per heavy atom. The van der Waals surface area contributed by atoms with E-state index < -0.39 is 16.1 Å². The van der Waals surface area contributed by atoms with Crippen molar-refractivity contribution in [1.29, 1.82) is 0 Å². The fourth-order valence-electron chi connectivity index (χ4n) is 4.01. The van der Waals surface area contributed by atoms with Crippen LogP contribution < -0.4 is 10.4 Å². The zero-order chi connectivity index (χ0) is 18.6. The van der Waals surface area contributed by atoms with Crippen LogP contribution in [-0.2, 0) is 9.47 Å². The maximum atomic E-state index is 5.33. The minimum absolute atomic E-state index is 0.600. The Balaban J connectivity index is 1.46. The van der Waals surface area contributed by atoms with Crippen LogP contribution >= 0.6 is 0 Å². The van der Waals surface area contributed by atoms with Crippen LogP contribution in [0.5, 0.6) is 0 Å². The first kappa shape index (κ1) is 20.3. The molecule has 2 aliphatic rings. The molecule has 0 saturated carbocycles. The van der Waals surface area contributed by atoms with Crippen molar-refractivity contribution < 1.29 is 9.47 Å². The van der Waals surface area contributed by atoms with Gasteiger partial charge in [-0.05, 0) is 12.8 Å². The van der Waals surface area contributed by atoms with Crippen LogP contribution in [0.15, 0.2) is 24.3 Å². The fraction of sp³-hybridized carbons (Fsp3) is 0.727. The summed E-state index contributed by atoms with van der Waals surface area (Å²) >= 11 is 0. The minimum atomic E-state index is -1.29. The molecule has 0 aromatic heterocycles. The third-order valence-corrected chi connectivity index (χ3v) is 13.4. The summed E-state index contributed by atoms with van der Waals surface area (Å²) in [5, 5.41) is 3.28. The quantitative estimate of drug-likeness (QED) is 0.295. The van der Waals surface area contributed by atoms with E-state index in [4.69, 9.17) is 9.47 Å². The highest BCUT2D eigenvalue weighted by Crippen LogP contribution is 2.22. The highest BCUT2D eigenvalue weighted by atomic mass is 28.3. The van der Waals surface area contributed by atoms with Crippen molar-refractivity contribution in [2.24, 2.45) is 0 Å². The number of ether oxygens (including phenoxy) is 2. The van der Waals surface area contributed by atoms with Crippen molar-refractivity contribution in [3.63, 3.8) is 0 Å². The first-order chi connectivity index (χ1) is 12.4. The third kappa shape index (κ3) is 6.33. The lowest BCUT2D eigenvalue weighted by Gasteiger charge is -2.26. The maximum absolute atomic E-state index is 5.33. The van der Waals surface area contributed by atoms with Gasteiger partial charge in [0.1, 0.15) is 0 Å². The van der Waals surface area contributed by atoms with Crippen LogP contribution in [0.2, 0.25) is 38.3 Å². The van der Waals surface area contributed by atoms with Gasteiger partial charge in [0.25, 0.3) is 0 Å². The highest BCUT2D eigenvalue weighted by molar-refractivity contribution is 6.91. The Labute approximate surface area is 162 Å². The van der Waals surface area contributed by atoms with Gasteiger partial charge in [0.2, 0.25) is 0 Å². The number of epoxide rings is 2. The van der Waals surface area contributed by atoms with E-state index in [1.165, 1.54) is 50.6 Å². The highest BCUT2D eigenvalue weighted by Gasteiger charge is 2.27. The lowest BCUT2D eigenvalue weighted by Crippen LogP contribution is -2.45. The second-order valence-electron chi connectivity index (χ2n) is 9.75. The molecule has 0 amide bonds. The van der Waals surface area contributed by atoms with Crippen LogP contribution in [0.3, 0.4) is 0 Å². The van der Waals surface area contributed by atoms with Crippen molar-refractivity contribution in [3.05, 3.63) is 24.3 Å². The number of rotatable bonds is 12. The molecule has 2 unspecified atom stereocenters. The lowest BCUT2D eigenvalue weighted by atomic mass is 10.2. The average molecular weight is 391 g/mol. The number of hydrogen-bond donors (Lipinski definition) is 0. The van der Waals surface area contributed by atoms with Crippen LogP contribution in [0.1, 0.15) is 38.5 Å². The Kier molecular flexibility index (Phi) is 6.81. The Morgan fingerprint density at radius 2 is 1.04 bits per heavy atom. The van der Waals surface area contributed by atoms with Gasteiger partial charge in [0.15, 0.2) is 0 Å². The van der Waals surface area contributed by atoms with Gasteiger partial charge in [-0.3, -0.25) is 0 Å². The van der Waals surface area contributed by atoms with Crippen molar-refractivity contribution in [3.8, 4) is 0 Å². The van der Waals surface area contributed by atoms with Gasteiger partial charge in [0, 0.05) is 0 Å². The maximum Gasteiger partial charge on any atom is 0.0810 e. The largest absolute Gasteiger partial charge is 0.373 e. The SMILES string of the molecule is C[Si](C)(CCCCC1CO1)c1ccc([Si](C)(C)CCCCC2CO2)cc1. The number of benzene rings is 1. The van der Waals surface area contributed by atoms with Gasteiger partial charge in [-0.1, -0.05) is 98.6 Å². The topological polar surface area (TPSA) is 25.1 Å². The van der Waals surface area contributed by atoms with Crippen molar-refractivity contribution in [2.45, 2.75) is 89.0 Å². The summed E-state index contributed by atoms with van der Waals surface area (Å²) in [7, 11) is -2.58. The molecule has 146 valence electrons. The first-order valence-corrected chi connectivity index (χ1v) is 17.1. The second-order valence-corrected chi connectivity index (χ2v) is 19.4. The molecule has 2 saturated heterocycles. The summed E-state index contributed by atoms with van der Waals surface area (Å²) in [6.45, 7) is 12.2. The van der Waals surface area contributed by atoms with E-state index in [9.17, 15) is 0 Å². The molecule has 3 rings (SSSR count). The molecule has 0 aliphatic carbocycles. The summed E-state index contributed by atoms with van der Waals surface area (Å²) in [6, 6.07) is 12.7. The van der Waals surface area contributed by atoms with Crippen molar-refractivity contribution in [1.82, 2.24) is 0 Å². The van der Waals surface area contributed by atoms with Gasteiger partial charge in [-0.15, -0.1) is 0 Å². The molecular formula is C22H38O2Si2. The van der Waals surface area contributed by atoms with E-state index in [1.807, 2.05) is 0 Å². The molecule has 2 heterocycles. The summed E-state index contributed by atoms with van der Waals surface area (Å²) in [5.41, 5.74) is 0. The smallest absolute Gasteiger partial charge is 0.0810 e. The van der Waals surface area contributed by atoms with E-state index in [0.717, 1.165) is 13.2 Å². The van der Waals surface area contributed by atoms with Crippen LogP contribution in [0.25, 0.3) is 0 Å². The van der Waals surface area contributed by atoms with Crippen LogP contribution in [0, 0.1) is 0 Å². The molecule has 1 aromatic rings. The standard InChI is InChI=1S/C22H38O2Si2/c1-25(2,15-7-5-9-19-17-23-19)21-11-13-22(14-12-21)26(3,4)16-8-6-10-20-18-24-20/h11-14,19-20H,5-10,15-18H2,1-4H3. The van der Waals surface area contributed by atoms with E-state index in [1.54, 1.807) is 10.4 Å². The van der Waals surface area contributed by atoms with Gasteiger partial charge in [-0.2, -0.15) is 0 Å². The molecule has 0 spiro atoms. The monoisotopic (exact) mass is 390 g/mol. The molecule has 0 bridgehead atoms. The van der Waals surface area contributed by atoms with Crippen LogP contribution in [0.4, 0.5) is 0 Å².